The minimum Gasteiger partial charge on any atom is -0.310 e. The van der Waals surface area contributed by atoms with Gasteiger partial charge in [0.15, 0.2) is 0 Å². The molecule has 200 valence electrons. The molecule has 1 fully saturated rings. The Morgan fingerprint density at radius 3 is 2.63 bits per heavy atom. The van der Waals surface area contributed by atoms with E-state index in [1.807, 2.05) is 43.3 Å². The lowest BCUT2D eigenvalue weighted by molar-refractivity contribution is -0.121. The number of amides is 2. The van der Waals surface area contributed by atoms with E-state index in [0.29, 0.717) is 43.1 Å². The molecule has 2 aliphatic rings. The molecule has 1 saturated heterocycles. The van der Waals surface area contributed by atoms with Gasteiger partial charge in [-0.2, -0.15) is 9.40 Å². The second kappa shape index (κ2) is 10.3. The highest BCUT2D eigenvalue weighted by Gasteiger charge is 2.37. The van der Waals surface area contributed by atoms with Gasteiger partial charge in [-0.1, -0.05) is 24.3 Å². The number of pyridine rings is 1. The molecular weight excluding hydrogens is 504 g/mol. The third kappa shape index (κ3) is 4.95. The predicted octanol–water partition coefficient (Wildman–Crippen LogP) is 2.83. The van der Waals surface area contributed by atoms with Crippen molar-refractivity contribution < 1.29 is 18.0 Å². The summed E-state index contributed by atoms with van der Waals surface area (Å²) in [6, 6.07) is 13.2. The number of fused-ring (bicyclic) bond motifs is 1. The average molecular weight is 537 g/mol. The van der Waals surface area contributed by atoms with E-state index in [9.17, 15) is 18.0 Å². The van der Waals surface area contributed by atoms with Crippen molar-refractivity contribution in [2.75, 3.05) is 29.9 Å². The summed E-state index contributed by atoms with van der Waals surface area (Å²) in [6.07, 6.45) is 1.95. The first kappa shape index (κ1) is 26.1. The topological polar surface area (TPSA) is 118 Å². The molecule has 2 aliphatic heterocycles. The van der Waals surface area contributed by atoms with Gasteiger partial charge < -0.3 is 10.2 Å². The van der Waals surface area contributed by atoms with Crippen molar-refractivity contribution >= 4 is 33.3 Å². The molecule has 0 spiro atoms. The predicted molar refractivity (Wildman–Crippen MR) is 143 cm³/mol. The molecule has 0 unspecified atom stereocenters. The van der Waals surface area contributed by atoms with E-state index < -0.39 is 15.9 Å². The molecule has 0 bridgehead atoms. The number of nitrogens with zero attached hydrogens (tertiary/aromatic N) is 5. The first-order valence-electron chi connectivity index (χ1n) is 12.8. The summed E-state index contributed by atoms with van der Waals surface area (Å²) in [7, 11) is -3.92. The van der Waals surface area contributed by atoms with Crippen molar-refractivity contribution in [3.8, 4) is 0 Å². The van der Waals surface area contributed by atoms with Crippen molar-refractivity contribution in [1.82, 2.24) is 19.1 Å². The van der Waals surface area contributed by atoms with Crippen LogP contribution in [0.3, 0.4) is 0 Å². The second-order valence-electron chi connectivity index (χ2n) is 9.94. The van der Waals surface area contributed by atoms with Crippen molar-refractivity contribution in [1.29, 1.82) is 0 Å². The highest BCUT2D eigenvalue weighted by Crippen LogP contribution is 2.30. The third-order valence-corrected chi connectivity index (χ3v) is 9.40. The van der Waals surface area contributed by atoms with E-state index in [2.05, 4.69) is 15.4 Å². The average Bonchev–Trinajstić information content (AvgIpc) is 3.44. The molecule has 2 aromatic heterocycles. The fourth-order valence-corrected chi connectivity index (χ4v) is 7.26. The number of piperidine rings is 1. The van der Waals surface area contributed by atoms with Gasteiger partial charge in [-0.15, -0.1) is 0 Å². The maximum absolute atomic E-state index is 13.8. The van der Waals surface area contributed by atoms with Crippen LogP contribution in [-0.4, -0.2) is 58.9 Å². The normalized spacial score (nSPS) is 17.9. The number of carbonyl (C=O) groups is 2. The molecular formula is C27H32N6O4S. The van der Waals surface area contributed by atoms with Crippen LogP contribution in [0.4, 0.5) is 11.5 Å². The molecule has 0 saturated carbocycles. The lowest BCUT2D eigenvalue weighted by Crippen LogP contribution is -2.44. The first-order chi connectivity index (χ1) is 18.1. The van der Waals surface area contributed by atoms with Crippen molar-refractivity contribution in [2.24, 2.45) is 5.92 Å². The van der Waals surface area contributed by atoms with Crippen LogP contribution >= 0.6 is 0 Å². The zero-order chi connectivity index (χ0) is 27.0. The highest BCUT2D eigenvalue weighted by molar-refractivity contribution is 7.89. The van der Waals surface area contributed by atoms with Crippen LogP contribution in [0.5, 0.6) is 0 Å². The number of rotatable bonds is 6. The molecule has 1 aromatic carbocycles. The molecule has 0 radical (unpaired) electrons. The highest BCUT2D eigenvalue weighted by atomic mass is 32.2. The summed E-state index contributed by atoms with van der Waals surface area (Å²) < 4.78 is 30.3. The van der Waals surface area contributed by atoms with Gasteiger partial charge in [-0.3, -0.25) is 14.3 Å². The summed E-state index contributed by atoms with van der Waals surface area (Å²) in [5.74, 6) is -0.422. The second-order valence-corrected chi connectivity index (χ2v) is 11.8. The lowest BCUT2D eigenvalue weighted by atomic mass is 9.99. The Morgan fingerprint density at radius 2 is 1.84 bits per heavy atom. The monoisotopic (exact) mass is 536 g/mol. The van der Waals surface area contributed by atoms with Crippen LogP contribution in [-0.2, 0) is 32.6 Å². The zero-order valence-corrected chi connectivity index (χ0v) is 22.7. The molecule has 0 aliphatic carbocycles. The van der Waals surface area contributed by atoms with E-state index in [4.69, 9.17) is 0 Å². The standard InChI is InChI=1S/C27H32N6O4S/c1-18-8-6-12-24(28-18)29-27(35)22-10-7-14-31(16-22)38(36,37)26-19(2)30-33(20(26)3)17-25(34)32-15-13-21-9-4-5-11-23(21)32/h4-6,8-9,11-12,22H,7,10,13-17H2,1-3H3,(H,28,29,35)/t22-/m1/s1. The van der Waals surface area contributed by atoms with Crippen LogP contribution in [0.25, 0.3) is 0 Å². The van der Waals surface area contributed by atoms with E-state index in [1.165, 1.54) is 8.99 Å². The number of aryl methyl sites for hydroxylation is 2. The molecule has 1 atom stereocenters. The summed E-state index contributed by atoms with van der Waals surface area (Å²) in [5.41, 5.74) is 3.56. The van der Waals surface area contributed by atoms with E-state index in [0.717, 1.165) is 23.4 Å². The minimum absolute atomic E-state index is 0.0505. The Balaban J connectivity index is 1.32. The number of sulfonamides is 1. The van der Waals surface area contributed by atoms with Gasteiger partial charge in [0.25, 0.3) is 0 Å². The van der Waals surface area contributed by atoms with E-state index >= 15 is 0 Å². The number of para-hydroxylation sites is 1. The van der Waals surface area contributed by atoms with Gasteiger partial charge in [0.1, 0.15) is 17.3 Å². The van der Waals surface area contributed by atoms with Crippen LogP contribution in [0.1, 0.15) is 35.5 Å². The number of carbonyl (C=O) groups excluding carboxylic acids is 2. The summed E-state index contributed by atoms with van der Waals surface area (Å²) in [4.78, 5) is 32.2. The molecule has 2 amide bonds. The first-order valence-corrected chi connectivity index (χ1v) is 14.3. The van der Waals surface area contributed by atoms with Gasteiger partial charge in [0, 0.05) is 31.0 Å². The number of aromatic nitrogens is 3. The van der Waals surface area contributed by atoms with Gasteiger partial charge in [0.05, 0.1) is 17.3 Å². The molecule has 10 nitrogen and oxygen atoms in total. The van der Waals surface area contributed by atoms with Crippen LogP contribution in [0, 0.1) is 26.7 Å². The maximum atomic E-state index is 13.8. The van der Waals surface area contributed by atoms with Crippen molar-refractivity contribution in [3.05, 3.63) is 65.1 Å². The maximum Gasteiger partial charge on any atom is 0.248 e. The van der Waals surface area contributed by atoms with Gasteiger partial charge in [-0.25, -0.2) is 13.4 Å². The van der Waals surface area contributed by atoms with Crippen LogP contribution in [0.2, 0.25) is 0 Å². The van der Waals surface area contributed by atoms with Crippen LogP contribution < -0.4 is 10.2 Å². The fourth-order valence-electron chi connectivity index (χ4n) is 5.36. The lowest BCUT2D eigenvalue weighted by Gasteiger charge is -2.31. The smallest absolute Gasteiger partial charge is 0.248 e. The fraction of sp³-hybridized carbons (Fsp3) is 0.407. The quantitative estimate of drug-likeness (QED) is 0.518. The Kier molecular flexibility index (Phi) is 7.06. The molecule has 11 heteroatoms. The number of benzene rings is 1. The molecule has 3 aromatic rings. The Bertz CT molecular complexity index is 1500. The van der Waals surface area contributed by atoms with Crippen molar-refractivity contribution in [2.45, 2.75) is 51.5 Å². The van der Waals surface area contributed by atoms with Gasteiger partial charge in [-0.05, 0) is 63.8 Å². The minimum atomic E-state index is -3.92. The van der Waals surface area contributed by atoms with Crippen LogP contribution in [0.15, 0.2) is 47.4 Å². The third-order valence-electron chi connectivity index (χ3n) is 7.28. The Labute approximate surface area is 222 Å². The Hall–Kier alpha value is -3.57. The largest absolute Gasteiger partial charge is 0.310 e. The summed E-state index contributed by atoms with van der Waals surface area (Å²) in [6.45, 7) is 6.10. The molecule has 38 heavy (non-hydrogen) atoms. The number of nitrogens with one attached hydrogen (secondary N) is 1. The Morgan fingerprint density at radius 1 is 1.05 bits per heavy atom. The van der Waals surface area contributed by atoms with Gasteiger partial charge >= 0.3 is 0 Å². The zero-order valence-electron chi connectivity index (χ0n) is 21.8. The molecule has 5 rings (SSSR count). The van der Waals surface area contributed by atoms with Gasteiger partial charge in [0.2, 0.25) is 21.8 Å². The van der Waals surface area contributed by atoms with Crippen molar-refractivity contribution in [3.63, 3.8) is 0 Å². The molecule has 4 heterocycles. The number of hydrogen-bond donors (Lipinski definition) is 1. The molecule has 1 N–H and O–H groups in total. The van der Waals surface area contributed by atoms with E-state index in [-0.39, 0.29) is 29.8 Å². The number of hydrogen-bond acceptors (Lipinski definition) is 6. The van der Waals surface area contributed by atoms with E-state index in [1.54, 1.807) is 24.8 Å². The summed E-state index contributed by atoms with van der Waals surface area (Å²) >= 11 is 0. The number of anilines is 2. The summed E-state index contributed by atoms with van der Waals surface area (Å²) in [5, 5.41) is 7.25. The SMILES string of the molecule is Cc1cccc(NC(=O)[C@@H]2CCCN(S(=O)(=O)c3c(C)nn(CC(=O)N4CCc5ccccc54)c3C)C2)n1.